The van der Waals surface area contributed by atoms with Gasteiger partial charge in [-0.25, -0.2) is 9.78 Å². The average molecular weight is 2050 g/mol. The third-order valence-electron chi connectivity index (χ3n) is 22.9. The first kappa shape index (κ1) is 115. The van der Waals surface area contributed by atoms with Gasteiger partial charge in [-0.05, 0) is 122 Å². The highest BCUT2D eigenvalue weighted by atomic mass is 32.1. The number of benzene rings is 6. The number of aliphatic hydroxyl groups is 3. The van der Waals surface area contributed by atoms with Crippen molar-refractivity contribution in [1.29, 1.82) is 0 Å². The van der Waals surface area contributed by atoms with Crippen molar-refractivity contribution in [2.75, 3.05) is 18.1 Å². The molecule has 0 fully saturated rings. The van der Waals surface area contributed by atoms with E-state index in [2.05, 4.69) is 120 Å². The van der Waals surface area contributed by atoms with Gasteiger partial charge < -0.3 is 143 Å². The lowest BCUT2D eigenvalue weighted by molar-refractivity contribution is -0.142. The van der Waals surface area contributed by atoms with E-state index >= 15 is 4.79 Å². The Morgan fingerprint density at radius 1 is 0.359 bits per heavy atom. The van der Waals surface area contributed by atoms with Crippen molar-refractivity contribution < 1.29 is 122 Å². The fourth-order valence-electron chi connectivity index (χ4n) is 15.0. The molecular formula is C97H123N21O25S2. The summed E-state index contributed by atoms with van der Waals surface area (Å²) in [6, 6.07) is 12.4. The number of carbonyl (C=O) groups is 18. The van der Waals surface area contributed by atoms with Gasteiger partial charge in [0.15, 0.2) is 0 Å². The number of carboxylic acid groups (broad SMARTS) is 1. The van der Waals surface area contributed by atoms with Crippen LogP contribution in [0, 0.1) is 5.92 Å². The molecule has 0 bridgehead atoms. The molecule has 0 unspecified atom stereocenters. The van der Waals surface area contributed by atoms with Crippen LogP contribution in [0.2, 0.25) is 0 Å². The predicted octanol–water partition coefficient (Wildman–Crippen LogP) is -4.49. The largest absolute Gasteiger partial charge is 0.508 e. The molecule has 48 heteroatoms. The van der Waals surface area contributed by atoms with Crippen LogP contribution in [-0.4, -0.2) is 284 Å². The molecule has 0 aliphatic heterocycles. The molecule has 8 rings (SSSR count). The predicted molar refractivity (Wildman–Crippen MR) is 530 cm³/mol. The van der Waals surface area contributed by atoms with Crippen molar-refractivity contribution in [2.45, 2.75) is 214 Å². The van der Waals surface area contributed by atoms with E-state index in [0.29, 0.717) is 44.4 Å². The zero-order valence-corrected chi connectivity index (χ0v) is 81.5. The molecule has 0 radical (unpaired) electrons. The molecule has 30 N–H and O–H groups in total. The number of hydrogen-bond acceptors (Lipinski definition) is 28. The number of fused-ring (bicyclic) bond motifs is 1. The molecule has 145 heavy (non-hydrogen) atoms. The number of nitrogens with two attached hydrogens (primary N) is 3. The second-order valence-corrected chi connectivity index (χ2v) is 35.8. The first-order valence-electron chi connectivity index (χ1n) is 46.1. The zero-order chi connectivity index (χ0) is 106. The Morgan fingerprint density at radius 3 is 1.13 bits per heavy atom. The topological polar surface area (TPSA) is 752 Å². The molecule has 0 saturated carbocycles. The second-order valence-electron chi connectivity index (χ2n) is 35.1. The molecule has 17 amide bonds. The summed E-state index contributed by atoms with van der Waals surface area (Å²) < 4.78 is 0. The number of H-pyrrole nitrogens is 2. The summed E-state index contributed by atoms with van der Waals surface area (Å²) in [6.45, 7) is 5.56. The van der Waals surface area contributed by atoms with Crippen LogP contribution in [-0.2, 0) is 131 Å². The summed E-state index contributed by atoms with van der Waals surface area (Å²) in [5.74, 6) is -21.9. The lowest BCUT2D eigenvalue weighted by atomic mass is 10.00. The van der Waals surface area contributed by atoms with Crippen molar-refractivity contribution in [3.63, 3.8) is 0 Å². The van der Waals surface area contributed by atoms with Crippen LogP contribution in [0.4, 0.5) is 0 Å². The van der Waals surface area contributed by atoms with E-state index in [1.165, 1.54) is 92.2 Å². The Balaban J connectivity index is 0.958. The standard InChI is InChI=1S/C97H123N21O25S2/c1-49(2)34-67(107-83(128)64(98)35-55-20-26-60(122)27-21-55)85(130)108-70(39-57-24-30-62(124)31-25-57)88(133)116-77(47-145)94(139)105-66(32-33-78(99)125)84(129)117-81(52(5)121)96(141)114-75(45-119)92(137)110-71(37-54-16-10-7-11-17-54)91(136)118-80(51(4)120)95(140)112-73(42-79(100)126)90(135)109-69(38-56-22-28-61(123)29-23-56)86(131)111-72(40-58-43-102-65-19-13-12-18-63(58)65)89(134)115-76(46-144)93(138)104-50(3)82(127)106-68(36-53-14-8-6-9-15-53)87(132)113-74(97(142)143)41-59-44-101-48-103-59/h6-31,43-44,48-52,64,66-77,80-81,102,119-124,144-145H,32-42,45-47,98H2,1-5H3,(H2,99,125)(H2,100,126)(H,101,103)(H,104,138)(H,105,139)(H,106,127)(H,107,128)(H,108,130)(H,109,135)(H,110,137)(H,111,131)(H,112,140)(H,113,132)(H,114,141)(H,115,134)(H,116,133)(H,117,129)(H,118,136)(H,142,143)/t50-,51+,52+,64-,66-,67-,68-,69-,70-,71-,72-,73-,74-,75-,76-,77-,80-,81-/m0/s1. The van der Waals surface area contributed by atoms with Gasteiger partial charge in [-0.15, -0.1) is 0 Å². The smallest absolute Gasteiger partial charge is 0.326 e. The van der Waals surface area contributed by atoms with E-state index in [4.69, 9.17) is 17.2 Å². The van der Waals surface area contributed by atoms with Crippen LogP contribution in [0.1, 0.15) is 99.4 Å². The van der Waals surface area contributed by atoms with E-state index in [1.807, 2.05) is 0 Å². The monoisotopic (exact) mass is 2050 g/mol. The summed E-state index contributed by atoms with van der Waals surface area (Å²) in [5.41, 5.74) is 21.0. The number of aliphatic carboxylic acids is 1. The first-order chi connectivity index (χ1) is 68.9. The number of nitrogens with one attached hydrogen (secondary N) is 17. The molecule has 8 aromatic rings. The minimum atomic E-state index is -2.13. The van der Waals surface area contributed by atoms with Crippen LogP contribution in [0.3, 0.4) is 0 Å². The highest BCUT2D eigenvalue weighted by Gasteiger charge is 2.41. The number of hydrogen-bond donors (Lipinski definition) is 29. The molecule has 2 aromatic heterocycles. The Morgan fingerprint density at radius 2 is 0.710 bits per heavy atom. The van der Waals surface area contributed by atoms with E-state index < -0.39 is 265 Å². The molecule has 778 valence electrons. The summed E-state index contributed by atoms with van der Waals surface area (Å²) in [5, 5.41) is 111. The minimum Gasteiger partial charge on any atom is -0.508 e. The number of aromatic hydroxyl groups is 3. The summed E-state index contributed by atoms with van der Waals surface area (Å²) in [6.07, 6.45) is -3.68. The molecule has 0 aliphatic carbocycles. The number of phenolic OH excluding ortho intramolecular Hbond substituents is 3. The summed E-state index contributed by atoms with van der Waals surface area (Å²) in [4.78, 5) is 264. The van der Waals surface area contributed by atoms with Crippen molar-refractivity contribution in [3.05, 3.63) is 216 Å². The summed E-state index contributed by atoms with van der Waals surface area (Å²) in [7, 11) is 0. The number of para-hydroxylation sites is 1. The van der Waals surface area contributed by atoms with E-state index in [0.717, 1.165) is 13.8 Å². The van der Waals surface area contributed by atoms with Crippen LogP contribution in [0.25, 0.3) is 10.9 Å². The van der Waals surface area contributed by atoms with Crippen LogP contribution < -0.4 is 97.0 Å². The number of primary amides is 2. The maximum absolute atomic E-state index is 15.2. The van der Waals surface area contributed by atoms with Gasteiger partial charge in [0, 0.05) is 85.4 Å². The van der Waals surface area contributed by atoms with Crippen LogP contribution in [0.5, 0.6) is 17.2 Å². The van der Waals surface area contributed by atoms with Gasteiger partial charge in [0.2, 0.25) is 100 Å². The number of aromatic amines is 2. The lowest BCUT2D eigenvalue weighted by Gasteiger charge is -2.29. The molecule has 0 spiro atoms. The highest BCUT2D eigenvalue weighted by molar-refractivity contribution is 7.80. The Hall–Kier alpha value is -15.5. The maximum Gasteiger partial charge on any atom is 0.326 e. The third-order valence-corrected chi connectivity index (χ3v) is 23.6. The SMILES string of the molecule is CC(C)C[C@H](NC(=O)[C@@H](N)Cc1ccc(O)cc1)C(=O)N[C@@H](Cc1ccc(O)cc1)C(=O)N[C@@H](CS)C(=O)N[C@@H](CCC(N)=O)C(=O)N[C@H](C(=O)N[C@@H](CO)C(=O)N[C@@H](Cc1ccccc1)C(=O)N[C@H](C(=O)N[C@@H](CC(N)=O)C(=O)N[C@@H](Cc1ccc(O)cc1)C(=O)N[C@@H](Cc1c[nH]c2ccccc12)C(=O)N[C@@H](CS)C(=O)N[C@@H](C)C(=O)N[C@@H](Cc1ccccc1)C(=O)N[C@@H](Cc1cnc[nH]1)C(=O)O)[C@@H](C)O)[C@@H](C)O. The molecule has 0 saturated heterocycles. The number of phenols is 3. The lowest BCUT2D eigenvalue weighted by Crippen LogP contribution is -2.63. The molecule has 18 atom stereocenters. The second kappa shape index (κ2) is 56.3. The zero-order valence-electron chi connectivity index (χ0n) is 79.7. The van der Waals surface area contributed by atoms with Gasteiger partial charge in [-0.3, -0.25) is 81.5 Å². The number of rotatable bonds is 57. The fourth-order valence-corrected chi connectivity index (χ4v) is 15.5. The van der Waals surface area contributed by atoms with Crippen molar-refractivity contribution in [3.8, 4) is 17.2 Å². The highest BCUT2D eigenvalue weighted by Crippen LogP contribution is 2.23. The molecule has 2 heterocycles. The van der Waals surface area contributed by atoms with Gasteiger partial charge in [-0.1, -0.05) is 129 Å². The van der Waals surface area contributed by atoms with Crippen molar-refractivity contribution in [1.82, 2.24) is 94.7 Å². The third kappa shape index (κ3) is 36.7. The number of carboxylic acids is 1. The Labute approximate surface area is 843 Å². The van der Waals surface area contributed by atoms with Crippen molar-refractivity contribution in [2.24, 2.45) is 23.1 Å². The minimum absolute atomic E-state index is 0.0111. The molecule has 6 aromatic carbocycles. The summed E-state index contributed by atoms with van der Waals surface area (Å²) >= 11 is 8.62. The molecule has 46 nitrogen and oxygen atoms in total. The average Bonchev–Trinajstić information content (AvgIpc) is 1.69. The normalized spacial score (nSPS) is 14.9. The Kier molecular flexibility index (Phi) is 44.6. The van der Waals surface area contributed by atoms with Gasteiger partial charge in [-0.2, -0.15) is 25.3 Å². The number of carbonyl (C=O) groups excluding carboxylic acids is 17. The quantitative estimate of drug-likeness (QED) is 0.0160. The van der Waals surface area contributed by atoms with Gasteiger partial charge >= 0.3 is 5.97 Å². The number of imidazole rings is 1. The van der Waals surface area contributed by atoms with E-state index in [1.54, 1.807) is 105 Å². The molecule has 0 aliphatic rings. The Bertz CT molecular complexity index is 5790. The number of aromatic nitrogens is 3. The van der Waals surface area contributed by atoms with E-state index in [-0.39, 0.29) is 67.3 Å². The van der Waals surface area contributed by atoms with Gasteiger partial charge in [0.1, 0.15) is 108 Å². The number of aliphatic hydroxyl groups excluding tert-OH is 3. The fraction of sp³-hybridized carbons (Fsp3) is 0.392. The molecular weight excluding hydrogens is 1920 g/mol. The first-order valence-corrected chi connectivity index (χ1v) is 47.4. The number of nitrogens with zero attached hydrogens (tertiary/aromatic N) is 1. The van der Waals surface area contributed by atoms with Gasteiger partial charge in [0.25, 0.3) is 0 Å². The van der Waals surface area contributed by atoms with Crippen molar-refractivity contribution >= 4 is 143 Å². The van der Waals surface area contributed by atoms with Gasteiger partial charge in [0.05, 0.1) is 37.6 Å². The number of amides is 17. The van der Waals surface area contributed by atoms with E-state index in [9.17, 15) is 117 Å². The maximum atomic E-state index is 15.2. The number of thiol groups is 2. The van der Waals surface area contributed by atoms with Crippen LogP contribution >= 0.6 is 25.3 Å². The van der Waals surface area contributed by atoms with Crippen LogP contribution in [0.15, 0.2) is 176 Å².